The minimum Gasteiger partial charge on any atom is -0.342 e. The smallest absolute Gasteiger partial charge is 0.342 e. The summed E-state index contributed by atoms with van der Waals surface area (Å²) >= 11 is 0. The van der Waals surface area contributed by atoms with Crippen molar-refractivity contribution in [2.24, 2.45) is 0 Å². The van der Waals surface area contributed by atoms with Gasteiger partial charge in [0.05, 0.1) is 0 Å². The first kappa shape index (κ1) is 49.0. The van der Waals surface area contributed by atoms with Crippen molar-refractivity contribution in [1.82, 2.24) is 9.97 Å². The normalized spacial score (nSPS) is 14.0. The fraction of sp³-hybridized carbons (Fsp3) is 0.265. The zero-order valence-corrected chi connectivity index (χ0v) is 38.8. The lowest BCUT2D eigenvalue weighted by atomic mass is 9.92. The molecule has 2 atom stereocenters. The number of aryl methyl sites for hydroxylation is 3. The summed E-state index contributed by atoms with van der Waals surface area (Å²) in [7, 11) is -5.56. The molecule has 332 valence electrons. The molecule has 6 aromatic rings. The fourth-order valence-corrected chi connectivity index (χ4v) is 9.11. The number of hydrogen-bond donors (Lipinski definition) is 0. The number of benzene rings is 4. The molecule has 15 heteroatoms. The van der Waals surface area contributed by atoms with Gasteiger partial charge >= 0.3 is 23.3 Å². The molecule has 0 unspecified atom stereocenters. The summed E-state index contributed by atoms with van der Waals surface area (Å²) in [5.41, 5.74) is -2.94. The van der Waals surface area contributed by atoms with E-state index in [4.69, 9.17) is 22.0 Å². The van der Waals surface area contributed by atoms with Gasteiger partial charge in [0.25, 0.3) is 0 Å². The first-order valence-electron chi connectivity index (χ1n) is 20.0. The maximum atomic E-state index is 16.0. The van der Waals surface area contributed by atoms with Crippen LogP contribution in [0, 0.1) is 51.4 Å². The summed E-state index contributed by atoms with van der Waals surface area (Å²) in [6, 6.07) is 26.3. The fourth-order valence-electron chi connectivity index (χ4n) is 6.77. The molecule has 0 saturated carbocycles. The lowest BCUT2D eigenvalue weighted by molar-refractivity contribution is -0.162. The Hall–Kier alpha value is -5.98. The molecule has 6 nitrogen and oxygen atoms in total. The van der Waals surface area contributed by atoms with Crippen LogP contribution in [0.2, 0.25) is 39.3 Å². The molecule has 64 heavy (non-hydrogen) atoms. The van der Waals surface area contributed by atoms with Crippen LogP contribution >= 0.6 is 0 Å². The van der Waals surface area contributed by atoms with Crippen molar-refractivity contribution in [3.05, 3.63) is 201 Å². The van der Waals surface area contributed by atoms with Gasteiger partial charge in [-0.15, -0.1) is 0 Å². The van der Waals surface area contributed by atoms with E-state index in [1.54, 1.807) is 46.2 Å². The maximum Gasteiger partial charge on any atom is 0.427 e. The third-order valence-corrected chi connectivity index (χ3v) is 11.6. The Bertz CT molecular complexity index is 2490. The SMILES string of the molecule is [C-]#[N+][C@](O[Si](C)(C)C)(c1ccc(C)cc1F)C(F)(F)c1ccc(-c2ccc(C)cc2)cn1.[C-]#[N+][C@](O[Si](C)(C)C)(c1ccc(F)cc1F)C(F)(F)c1ccc(-c2ccc(C)cc2)cn1. The standard InChI is InChI=1S/C25H25F3N2OSi.C24H22F4N2OSi/c1-17-7-10-19(11-8-17)20-12-14-23(30-16-20)24(27,28)25(29-3,31-32(4,5)6)21-13-9-18(2)15-22(21)26;1-16-6-8-17(9-7-16)18-10-13-22(30-15-18)23(27,28)24(29-2,31-32(3,4)5)20-12-11-19(25)14-21(20)26/h7-16H,1-2,4-6H3;6-15H,1,3-5H3/t25-;24-/m00/s1. The Morgan fingerprint density at radius 1 is 0.469 bits per heavy atom. The largest absolute Gasteiger partial charge is 0.427 e. The van der Waals surface area contributed by atoms with Crippen molar-refractivity contribution >= 4 is 16.6 Å². The van der Waals surface area contributed by atoms with Crippen molar-refractivity contribution in [2.45, 2.75) is 83.3 Å². The Kier molecular flexibility index (Phi) is 14.3. The first-order chi connectivity index (χ1) is 29.8. The van der Waals surface area contributed by atoms with Gasteiger partial charge in [-0.25, -0.2) is 26.3 Å². The molecule has 0 aliphatic heterocycles. The Balaban J connectivity index is 0.000000241. The van der Waals surface area contributed by atoms with Gasteiger partial charge in [0.1, 0.15) is 40.0 Å². The van der Waals surface area contributed by atoms with E-state index < -0.39 is 79.9 Å². The van der Waals surface area contributed by atoms with Gasteiger partial charge in [-0.3, -0.25) is 19.7 Å². The third-order valence-electron chi connectivity index (χ3n) is 9.80. The lowest BCUT2D eigenvalue weighted by Gasteiger charge is -2.34. The highest BCUT2D eigenvalue weighted by Crippen LogP contribution is 2.52. The molecule has 6 rings (SSSR count). The Morgan fingerprint density at radius 2 is 0.812 bits per heavy atom. The van der Waals surface area contributed by atoms with Crippen molar-refractivity contribution < 1.29 is 39.6 Å². The van der Waals surface area contributed by atoms with Gasteiger partial charge in [0.15, 0.2) is 16.6 Å². The molecule has 0 N–H and O–H groups in total. The number of pyridine rings is 2. The minimum atomic E-state index is -4.03. The summed E-state index contributed by atoms with van der Waals surface area (Å²) in [5, 5.41) is 0. The van der Waals surface area contributed by atoms with Crippen LogP contribution in [0.25, 0.3) is 31.9 Å². The second-order valence-electron chi connectivity index (χ2n) is 17.3. The third kappa shape index (κ3) is 10.3. The molecular weight excluding hydrogens is 866 g/mol. The molecule has 2 heterocycles. The maximum absolute atomic E-state index is 16.0. The molecule has 4 aromatic carbocycles. The molecule has 0 spiro atoms. The van der Waals surface area contributed by atoms with Gasteiger partial charge in [0.2, 0.25) is 0 Å². The average molecular weight is 913 g/mol. The van der Waals surface area contributed by atoms with Gasteiger partial charge in [-0.05, 0) is 113 Å². The molecule has 0 saturated heterocycles. The van der Waals surface area contributed by atoms with Crippen LogP contribution in [-0.2, 0) is 32.1 Å². The van der Waals surface area contributed by atoms with Crippen LogP contribution in [0.15, 0.2) is 122 Å². The molecule has 0 fully saturated rings. The van der Waals surface area contributed by atoms with Crippen LogP contribution in [0.4, 0.5) is 30.7 Å². The zero-order valence-electron chi connectivity index (χ0n) is 36.8. The summed E-state index contributed by atoms with van der Waals surface area (Å²) < 4.78 is 118. The molecule has 0 radical (unpaired) electrons. The molecule has 0 aliphatic rings. The molecular formula is C49H47F7N4O2Si2. The second kappa shape index (κ2) is 18.6. The Morgan fingerprint density at radius 3 is 1.12 bits per heavy atom. The lowest BCUT2D eigenvalue weighted by Crippen LogP contribution is -2.50. The second-order valence-corrected chi connectivity index (χ2v) is 26.2. The number of aromatic nitrogens is 2. The number of nitrogens with zero attached hydrogens (tertiary/aromatic N) is 4. The predicted molar refractivity (Wildman–Crippen MR) is 240 cm³/mol. The topological polar surface area (TPSA) is 53.0 Å². The summed E-state index contributed by atoms with van der Waals surface area (Å²) in [6.07, 6.45) is 2.61. The van der Waals surface area contributed by atoms with Crippen LogP contribution in [0.1, 0.15) is 39.2 Å². The van der Waals surface area contributed by atoms with Gasteiger partial charge < -0.3 is 8.85 Å². The van der Waals surface area contributed by atoms with Crippen molar-refractivity contribution in [2.75, 3.05) is 0 Å². The highest BCUT2D eigenvalue weighted by atomic mass is 28.4. The summed E-state index contributed by atoms with van der Waals surface area (Å²) in [6.45, 7) is 30.8. The number of hydrogen-bond acceptors (Lipinski definition) is 4. The first-order valence-corrected chi connectivity index (χ1v) is 26.8. The van der Waals surface area contributed by atoms with Gasteiger partial charge in [-0.1, -0.05) is 77.9 Å². The monoisotopic (exact) mass is 912 g/mol. The van der Waals surface area contributed by atoms with Gasteiger partial charge in [-0.2, -0.15) is 17.6 Å². The number of alkyl halides is 4. The van der Waals surface area contributed by atoms with Crippen molar-refractivity contribution in [3.63, 3.8) is 0 Å². The molecule has 0 bridgehead atoms. The minimum absolute atomic E-state index is 0.465. The van der Waals surface area contributed by atoms with E-state index in [1.165, 1.54) is 42.7 Å². The van der Waals surface area contributed by atoms with Crippen molar-refractivity contribution in [1.29, 1.82) is 0 Å². The zero-order chi connectivity index (χ0) is 47.5. The van der Waals surface area contributed by atoms with Crippen LogP contribution in [-0.4, -0.2) is 26.6 Å². The predicted octanol–water partition coefficient (Wildman–Crippen LogP) is 14.3. The molecule has 0 aliphatic carbocycles. The van der Waals surface area contributed by atoms with E-state index in [9.17, 15) is 13.2 Å². The quantitative estimate of drug-likeness (QED) is 0.0697. The summed E-state index contributed by atoms with van der Waals surface area (Å²) in [4.78, 5) is 14.2. The van der Waals surface area contributed by atoms with Gasteiger partial charge in [0, 0.05) is 29.6 Å². The van der Waals surface area contributed by atoms with E-state index in [1.807, 2.05) is 62.4 Å². The highest BCUT2D eigenvalue weighted by Gasteiger charge is 2.69. The van der Waals surface area contributed by atoms with E-state index in [-0.39, 0.29) is 0 Å². The number of rotatable bonds is 12. The average Bonchev–Trinajstić information content (AvgIpc) is 3.22. The highest BCUT2D eigenvalue weighted by molar-refractivity contribution is 6.70. The summed E-state index contributed by atoms with van der Waals surface area (Å²) in [5.74, 6) is -11.1. The van der Waals surface area contributed by atoms with Crippen LogP contribution in [0.5, 0.6) is 0 Å². The number of halogens is 7. The van der Waals surface area contributed by atoms with E-state index >= 15 is 17.6 Å². The van der Waals surface area contributed by atoms with Crippen LogP contribution in [0.3, 0.4) is 0 Å². The Labute approximate surface area is 371 Å². The van der Waals surface area contributed by atoms with Crippen molar-refractivity contribution in [3.8, 4) is 22.3 Å². The molecule has 0 amide bonds. The van der Waals surface area contributed by atoms with E-state index in [2.05, 4.69) is 19.7 Å². The van der Waals surface area contributed by atoms with E-state index in [0.29, 0.717) is 22.8 Å². The van der Waals surface area contributed by atoms with E-state index in [0.717, 1.165) is 46.5 Å². The van der Waals surface area contributed by atoms with Crippen LogP contribution < -0.4 is 0 Å². The molecule has 2 aromatic heterocycles.